The molecule has 4 heteroatoms. The summed E-state index contributed by atoms with van der Waals surface area (Å²) in [5.74, 6) is 0.417. The van der Waals surface area contributed by atoms with Crippen molar-refractivity contribution in [2.45, 2.75) is 25.9 Å². The number of ether oxygens (including phenoxy) is 2. The van der Waals surface area contributed by atoms with Gasteiger partial charge in [0, 0.05) is 6.61 Å². The number of methoxy groups -OCH3 is 1. The van der Waals surface area contributed by atoms with Gasteiger partial charge in [-0.15, -0.1) is 0 Å². The van der Waals surface area contributed by atoms with Crippen molar-refractivity contribution in [3.05, 3.63) is 35.4 Å². The van der Waals surface area contributed by atoms with Crippen LogP contribution in [0.2, 0.25) is 0 Å². The molecule has 1 heterocycles. The van der Waals surface area contributed by atoms with Crippen LogP contribution < -0.4 is 5.32 Å². The molecule has 1 aliphatic heterocycles. The molecule has 2 rings (SSSR count). The fourth-order valence-electron chi connectivity index (χ4n) is 2.56. The van der Waals surface area contributed by atoms with Gasteiger partial charge in [-0.25, -0.2) is 4.79 Å². The first-order chi connectivity index (χ1) is 9.81. The number of rotatable bonds is 6. The highest BCUT2D eigenvalue weighted by molar-refractivity contribution is 5.90. The first-order valence-electron chi connectivity index (χ1n) is 7.26. The minimum absolute atomic E-state index is 0.305. The molecule has 0 spiro atoms. The molecule has 0 aliphatic carbocycles. The van der Waals surface area contributed by atoms with Gasteiger partial charge in [0.15, 0.2) is 0 Å². The van der Waals surface area contributed by atoms with Crippen LogP contribution in [0.5, 0.6) is 0 Å². The molecule has 0 radical (unpaired) electrons. The third kappa shape index (κ3) is 4.32. The van der Waals surface area contributed by atoms with E-state index in [1.165, 1.54) is 20.0 Å². The van der Waals surface area contributed by atoms with Gasteiger partial charge in [-0.05, 0) is 49.9 Å². The van der Waals surface area contributed by atoms with E-state index in [2.05, 4.69) is 5.32 Å². The smallest absolute Gasteiger partial charge is 0.338 e. The lowest BCUT2D eigenvalue weighted by Crippen LogP contribution is -2.30. The molecule has 0 amide bonds. The Bertz CT molecular complexity index is 427. The van der Waals surface area contributed by atoms with E-state index in [9.17, 15) is 4.79 Å². The second-order valence-corrected chi connectivity index (χ2v) is 5.20. The molecule has 0 aromatic heterocycles. The maximum atomic E-state index is 11.6. The zero-order valence-corrected chi connectivity index (χ0v) is 12.1. The van der Waals surface area contributed by atoms with Gasteiger partial charge >= 0.3 is 5.97 Å². The molecular formula is C16H23NO3. The second-order valence-electron chi connectivity index (χ2n) is 5.20. The van der Waals surface area contributed by atoms with Gasteiger partial charge in [-0.1, -0.05) is 18.2 Å². The van der Waals surface area contributed by atoms with Crippen LogP contribution in [-0.2, 0) is 16.1 Å². The number of carbonyl (C=O) groups is 1. The summed E-state index contributed by atoms with van der Waals surface area (Å²) in [5.41, 5.74) is 1.48. The van der Waals surface area contributed by atoms with Crippen LogP contribution >= 0.6 is 0 Å². The molecule has 20 heavy (non-hydrogen) atoms. The molecule has 4 nitrogen and oxygen atoms in total. The quantitative estimate of drug-likeness (QED) is 0.640. The molecule has 1 saturated heterocycles. The lowest BCUT2D eigenvalue weighted by molar-refractivity contribution is 0.0590. The molecule has 0 unspecified atom stereocenters. The van der Waals surface area contributed by atoms with Crippen molar-refractivity contribution >= 4 is 5.97 Å². The Hall–Kier alpha value is -1.39. The largest absolute Gasteiger partial charge is 0.465 e. The van der Waals surface area contributed by atoms with Crippen LogP contribution in [0.15, 0.2) is 24.3 Å². The molecule has 110 valence electrons. The van der Waals surface area contributed by atoms with E-state index >= 15 is 0 Å². The second kappa shape index (κ2) is 8.02. The van der Waals surface area contributed by atoms with Crippen molar-refractivity contribution in [3.8, 4) is 0 Å². The van der Waals surface area contributed by atoms with Gasteiger partial charge in [0.05, 0.1) is 19.3 Å². The first kappa shape index (κ1) is 15.0. The monoisotopic (exact) mass is 277 g/mol. The summed E-state index contributed by atoms with van der Waals surface area (Å²) in [6, 6.07) is 7.43. The van der Waals surface area contributed by atoms with Crippen molar-refractivity contribution in [1.29, 1.82) is 0 Å². The Morgan fingerprint density at radius 1 is 1.40 bits per heavy atom. The van der Waals surface area contributed by atoms with E-state index < -0.39 is 0 Å². The summed E-state index contributed by atoms with van der Waals surface area (Å²) >= 11 is 0. The minimum atomic E-state index is -0.305. The number of esters is 1. The Morgan fingerprint density at radius 3 is 3.00 bits per heavy atom. The van der Waals surface area contributed by atoms with Crippen LogP contribution in [-0.4, -0.2) is 32.8 Å². The molecule has 0 bridgehead atoms. The molecule has 1 N–H and O–H groups in total. The number of piperidine rings is 1. The van der Waals surface area contributed by atoms with Crippen molar-refractivity contribution in [2.24, 2.45) is 5.92 Å². The molecule has 1 aromatic carbocycles. The average molecular weight is 277 g/mol. The average Bonchev–Trinajstić information content (AvgIpc) is 2.52. The number of hydrogen-bond donors (Lipinski definition) is 1. The molecule has 1 aromatic rings. The van der Waals surface area contributed by atoms with Crippen LogP contribution in [0.4, 0.5) is 0 Å². The molecule has 1 fully saturated rings. The van der Waals surface area contributed by atoms with Crippen LogP contribution in [0.25, 0.3) is 0 Å². The van der Waals surface area contributed by atoms with Crippen LogP contribution in [0.3, 0.4) is 0 Å². The summed E-state index contributed by atoms with van der Waals surface area (Å²) in [7, 11) is 1.40. The summed E-state index contributed by atoms with van der Waals surface area (Å²) in [5, 5.41) is 3.41. The number of carbonyl (C=O) groups excluding carboxylic acids is 1. The van der Waals surface area contributed by atoms with E-state index in [0.717, 1.165) is 37.6 Å². The Labute approximate surface area is 120 Å². The van der Waals surface area contributed by atoms with E-state index in [1.807, 2.05) is 18.2 Å². The van der Waals surface area contributed by atoms with Crippen LogP contribution in [0, 0.1) is 5.92 Å². The number of nitrogens with one attached hydrogen (secondary N) is 1. The van der Waals surface area contributed by atoms with Gasteiger partial charge in [0.2, 0.25) is 0 Å². The fraction of sp³-hybridized carbons (Fsp3) is 0.562. The highest BCUT2D eigenvalue weighted by Crippen LogP contribution is 2.15. The van der Waals surface area contributed by atoms with E-state index in [1.54, 1.807) is 6.07 Å². The van der Waals surface area contributed by atoms with Crippen molar-refractivity contribution in [1.82, 2.24) is 5.32 Å². The standard InChI is InChI=1S/C16H23NO3/c1-19-16(18)15-7-3-2-6-14(15)12-20-10-8-13-5-4-9-17-11-13/h2-3,6-7,13,17H,4-5,8-12H2,1H3/t13-/m0/s1. The van der Waals surface area contributed by atoms with Gasteiger partial charge in [0.25, 0.3) is 0 Å². The zero-order chi connectivity index (χ0) is 14.2. The number of hydrogen-bond acceptors (Lipinski definition) is 4. The van der Waals surface area contributed by atoms with E-state index in [-0.39, 0.29) is 5.97 Å². The third-order valence-corrected chi connectivity index (χ3v) is 3.75. The summed E-state index contributed by atoms with van der Waals surface area (Å²) in [6.45, 7) is 3.44. The van der Waals surface area contributed by atoms with Crippen molar-refractivity contribution < 1.29 is 14.3 Å². The fourth-order valence-corrected chi connectivity index (χ4v) is 2.56. The lowest BCUT2D eigenvalue weighted by Gasteiger charge is -2.22. The molecule has 0 saturated carbocycles. The predicted molar refractivity (Wildman–Crippen MR) is 77.6 cm³/mol. The van der Waals surface area contributed by atoms with E-state index in [4.69, 9.17) is 9.47 Å². The van der Waals surface area contributed by atoms with Gasteiger partial charge in [-0.2, -0.15) is 0 Å². The highest BCUT2D eigenvalue weighted by Gasteiger charge is 2.13. The first-order valence-corrected chi connectivity index (χ1v) is 7.26. The van der Waals surface area contributed by atoms with Crippen molar-refractivity contribution in [2.75, 3.05) is 26.8 Å². The summed E-state index contributed by atoms with van der Waals surface area (Å²) in [4.78, 5) is 11.6. The Balaban J connectivity index is 1.77. The molecule has 1 atom stereocenters. The topological polar surface area (TPSA) is 47.6 Å². The normalized spacial score (nSPS) is 18.8. The highest BCUT2D eigenvalue weighted by atomic mass is 16.5. The molecule has 1 aliphatic rings. The Kier molecular flexibility index (Phi) is 6.02. The maximum absolute atomic E-state index is 11.6. The summed E-state index contributed by atoms with van der Waals surface area (Å²) < 4.78 is 10.5. The SMILES string of the molecule is COC(=O)c1ccccc1COCC[C@@H]1CCCNC1. The van der Waals surface area contributed by atoms with Crippen molar-refractivity contribution in [3.63, 3.8) is 0 Å². The van der Waals surface area contributed by atoms with Gasteiger partial charge in [-0.3, -0.25) is 0 Å². The predicted octanol–water partition coefficient (Wildman–Crippen LogP) is 2.38. The zero-order valence-electron chi connectivity index (χ0n) is 12.1. The van der Waals surface area contributed by atoms with E-state index in [0.29, 0.717) is 12.2 Å². The van der Waals surface area contributed by atoms with Crippen LogP contribution in [0.1, 0.15) is 35.2 Å². The molecular weight excluding hydrogens is 254 g/mol. The van der Waals surface area contributed by atoms with Gasteiger partial charge < -0.3 is 14.8 Å². The summed E-state index contributed by atoms with van der Waals surface area (Å²) in [6.07, 6.45) is 3.62. The van der Waals surface area contributed by atoms with Gasteiger partial charge in [0.1, 0.15) is 0 Å². The minimum Gasteiger partial charge on any atom is -0.465 e. The maximum Gasteiger partial charge on any atom is 0.338 e. The number of benzene rings is 1. The third-order valence-electron chi connectivity index (χ3n) is 3.75. The lowest BCUT2D eigenvalue weighted by atomic mass is 9.97. The Morgan fingerprint density at radius 2 is 2.25 bits per heavy atom.